The molecule has 2 aliphatic carbocycles. The van der Waals surface area contributed by atoms with Gasteiger partial charge in [-0.1, -0.05) is 36.4 Å². The van der Waals surface area contributed by atoms with Crippen LogP contribution in [0.1, 0.15) is 16.8 Å². The van der Waals surface area contributed by atoms with Crippen LogP contribution in [-0.4, -0.2) is 24.8 Å². The zero-order valence-corrected chi connectivity index (χ0v) is 15.9. The van der Waals surface area contributed by atoms with Crippen molar-refractivity contribution in [3.8, 4) is 0 Å². The second kappa shape index (κ2) is 7.54. The van der Waals surface area contributed by atoms with Gasteiger partial charge in [-0.15, -0.1) is 0 Å². The molecule has 148 valence electrons. The minimum Gasteiger partial charge on any atom is -0.550 e. The maximum absolute atomic E-state index is 12.8. The predicted molar refractivity (Wildman–Crippen MR) is 107 cm³/mol. The van der Waals surface area contributed by atoms with E-state index in [1.807, 2.05) is 42.5 Å². The van der Waals surface area contributed by atoms with Crippen LogP contribution < -0.4 is 15.3 Å². The second-order valence-electron chi connectivity index (χ2n) is 7.59. The third-order valence-corrected chi connectivity index (χ3v) is 5.86. The van der Waals surface area contributed by atoms with Crippen LogP contribution in [0.5, 0.6) is 0 Å². The van der Waals surface area contributed by atoms with Crippen LogP contribution in [0.2, 0.25) is 0 Å². The standard InChI is InChI=1S/C23H22N2O4/c1-25(18-8-3-2-4-9-18)22(27)16-6-5-7-17(13-16)24-21(26)19-14-10-11-15(12-14)20(19)23(28)29/h2-11,13-15,19-20H,12H2,1H3,(H,24,26)(H,28,29)/p-1/t14-,15-,19-,20-/m0/s1. The van der Waals surface area contributed by atoms with Crippen molar-refractivity contribution in [3.63, 3.8) is 0 Å². The molecule has 2 aromatic carbocycles. The topological polar surface area (TPSA) is 89.5 Å². The number of rotatable bonds is 5. The molecule has 4 atom stereocenters. The molecule has 0 saturated heterocycles. The summed E-state index contributed by atoms with van der Waals surface area (Å²) in [5, 5.41) is 14.3. The van der Waals surface area contributed by atoms with Gasteiger partial charge in [-0.25, -0.2) is 0 Å². The molecule has 1 fully saturated rings. The van der Waals surface area contributed by atoms with E-state index in [1.165, 1.54) is 4.90 Å². The Balaban J connectivity index is 1.51. The normalized spacial score (nSPS) is 24.3. The minimum absolute atomic E-state index is 0.0862. The van der Waals surface area contributed by atoms with Crippen LogP contribution in [0.15, 0.2) is 66.7 Å². The van der Waals surface area contributed by atoms with Gasteiger partial charge in [0.05, 0.1) is 5.92 Å². The molecule has 0 aromatic heterocycles. The van der Waals surface area contributed by atoms with Crippen molar-refractivity contribution in [2.75, 3.05) is 17.3 Å². The summed E-state index contributed by atoms with van der Waals surface area (Å²) in [5.74, 6) is -3.43. The maximum Gasteiger partial charge on any atom is 0.258 e. The lowest BCUT2D eigenvalue weighted by molar-refractivity contribution is -0.313. The summed E-state index contributed by atoms with van der Waals surface area (Å²) in [5.41, 5.74) is 1.65. The predicted octanol–water partition coefficient (Wildman–Crippen LogP) is 2.09. The lowest BCUT2D eigenvalue weighted by Crippen LogP contribution is -2.42. The fourth-order valence-corrected chi connectivity index (χ4v) is 4.42. The first kappa shape index (κ1) is 18.9. The highest BCUT2D eigenvalue weighted by Crippen LogP contribution is 2.48. The van der Waals surface area contributed by atoms with Crippen molar-refractivity contribution in [2.24, 2.45) is 23.7 Å². The number of carboxylic acid groups (broad SMARTS) is 1. The number of allylic oxidation sites excluding steroid dienone is 2. The van der Waals surface area contributed by atoms with Gasteiger partial charge in [0.2, 0.25) is 5.91 Å². The highest BCUT2D eigenvalue weighted by molar-refractivity contribution is 6.06. The van der Waals surface area contributed by atoms with E-state index in [9.17, 15) is 19.5 Å². The van der Waals surface area contributed by atoms with Gasteiger partial charge in [0.25, 0.3) is 5.91 Å². The summed E-state index contributed by atoms with van der Waals surface area (Å²) in [6, 6.07) is 15.9. The molecule has 0 unspecified atom stereocenters. The average Bonchev–Trinajstić information content (AvgIpc) is 3.35. The molecular formula is C23H21N2O4-. The molecular weight excluding hydrogens is 368 g/mol. The first-order chi connectivity index (χ1) is 14.0. The number of carboxylic acids is 1. The quantitative estimate of drug-likeness (QED) is 0.793. The summed E-state index contributed by atoms with van der Waals surface area (Å²) in [7, 11) is 1.69. The monoisotopic (exact) mass is 389 g/mol. The molecule has 0 aliphatic heterocycles. The molecule has 0 spiro atoms. The van der Waals surface area contributed by atoms with Crippen LogP contribution in [0.3, 0.4) is 0 Å². The highest BCUT2D eigenvalue weighted by atomic mass is 16.4. The molecule has 2 aliphatic rings. The van der Waals surface area contributed by atoms with Crippen LogP contribution in [0, 0.1) is 23.7 Å². The third kappa shape index (κ3) is 3.53. The molecule has 2 aromatic rings. The first-order valence-electron chi connectivity index (χ1n) is 9.59. The number of amides is 2. The molecule has 6 nitrogen and oxygen atoms in total. The van der Waals surface area contributed by atoms with Crippen LogP contribution in [-0.2, 0) is 9.59 Å². The molecule has 0 heterocycles. The van der Waals surface area contributed by atoms with Gasteiger partial charge in [0.15, 0.2) is 0 Å². The van der Waals surface area contributed by atoms with Gasteiger partial charge in [0, 0.05) is 35.9 Å². The van der Waals surface area contributed by atoms with E-state index in [2.05, 4.69) is 5.32 Å². The van der Waals surface area contributed by atoms with E-state index in [4.69, 9.17) is 0 Å². The zero-order chi connectivity index (χ0) is 20.5. The number of hydrogen-bond acceptors (Lipinski definition) is 4. The smallest absolute Gasteiger partial charge is 0.258 e. The van der Waals surface area contributed by atoms with Crippen molar-refractivity contribution in [1.82, 2.24) is 0 Å². The third-order valence-electron chi connectivity index (χ3n) is 5.86. The van der Waals surface area contributed by atoms with Gasteiger partial charge in [-0.05, 0) is 48.6 Å². The van der Waals surface area contributed by atoms with Gasteiger partial charge in [-0.3, -0.25) is 9.59 Å². The molecule has 2 bridgehead atoms. The SMILES string of the molecule is CN(C(=O)c1cccc(NC(=O)[C@@H]2[C@@H](C(=O)[O-])[C@H]3C=C[C@H]2C3)c1)c1ccccc1. The summed E-state index contributed by atoms with van der Waals surface area (Å²) in [4.78, 5) is 38.7. The Morgan fingerprint density at radius 1 is 0.966 bits per heavy atom. The number of fused-ring (bicyclic) bond motifs is 2. The van der Waals surface area contributed by atoms with E-state index >= 15 is 0 Å². The number of hydrogen-bond donors (Lipinski definition) is 1. The Bertz CT molecular complexity index is 985. The van der Waals surface area contributed by atoms with Gasteiger partial charge >= 0.3 is 0 Å². The Labute approximate surface area is 168 Å². The number of carbonyl (C=O) groups is 3. The van der Waals surface area contributed by atoms with E-state index in [1.54, 1.807) is 31.3 Å². The summed E-state index contributed by atoms with van der Waals surface area (Å²) in [6.07, 6.45) is 4.45. The van der Waals surface area contributed by atoms with Gasteiger partial charge < -0.3 is 20.1 Å². The Morgan fingerprint density at radius 2 is 1.66 bits per heavy atom. The fourth-order valence-electron chi connectivity index (χ4n) is 4.42. The number of carbonyl (C=O) groups excluding carboxylic acids is 3. The number of nitrogens with one attached hydrogen (secondary N) is 1. The van der Waals surface area contributed by atoms with Crippen molar-refractivity contribution in [3.05, 3.63) is 72.3 Å². The van der Waals surface area contributed by atoms with Crippen molar-refractivity contribution >= 4 is 29.2 Å². The Kier molecular flexibility index (Phi) is 4.92. The number of para-hydroxylation sites is 1. The summed E-state index contributed by atoms with van der Waals surface area (Å²) in [6.45, 7) is 0. The fraction of sp³-hybridized carbons (Fsp3) is 0.261. The van der Waals surface area contributed by atoms with Crippen molar-refractivity contribution < 1.29 is 19.5 Å². The minimum atomic E-state index is -1.18. The molecule has 2 amide bonds. The molecule has 29 heavy (non-hydrogen) atoms. The number of aliphatic carboxylic acids is 1. The van der Waals surface area contributed by atoms with E-state index < -0.39 is 17.8 Å². The number of nitrogens with zero attached hydrogens (tertiary/aromatic N) is 1. The van der Waals surface area contributed by atoms with Gasteiger partial charge in [-0.2, -0.15) is 0 Å². The highest BCUT2D eigenvalue weighted by Gasteiger charge is 2.48. The molecule has 4 rings (SSSR count). The second-order valence-corrected chi connectivity index (χ2v) is 7.59. The summed E-state index contributed by atoms with van der Waals surface area (Å²) >= 11 is 0. The van der Waals surface area contributed by atoms with E-state index in [0.717, 1.165) is 5.69 Å². The Hall–Kier alpha value is -3.41. The molecule has 1 saturated carbocycles. The Morgan fingerprint density at radius 3 is 2.34 bits per heavy atom. The average molecular weight is 389 g/mol. The number of benzene rings is 2. The van der Waals surface area contributed by atoms with Crippen molar-refractivity contribution in [1.29, 1.82) is 0 Å². The molecule has 6 heteroatoms. The lowest BCUT2D eigenvalue weighted by atomic mass is 9.82. The van der Waals surface area contributed by atoms with Gasteiger partial charge in [0.1, 0.15) is 0 Å². The largest absolute Gasteiger partial charge is 0.550 e. The van der Waals surface area contributed by atoms with Crippen LogP contribution in [0.25, 0.3) is 0 Å². The maximum atomic E-state index is 12.8. The molecule has 0 radical (unpaired) electrons. The van der Waals surface area contributed by atoms with Crippen molar-refractivity contribution in [2.45, 2.75) is 6.42 Å². The molecule has 1 N–H and O–H groups in total. The lowest BCUT2D eigenvalue weighted by Gasteiger charge is -2.27. The first-order valence-corrected chi connectivity index (χ1v) is 9.59. The van der Waals surface area contributed by atoms with Crippen LogP contribution in [0.4, 0.5) is 11.4 Å². The summed E-state index contributed by atoms with van der Waals surface area (Å²) < 4.78 is 0. The number of anilines is 2. The van der Waals surface area contributed by atoms with E-state index in [0.29, 0.717) is 17.7 Å². The van der Waals surface area contributed by atoms with E-state index in [-0.39, 0.29) is 23.7 Å². The van der Waals surface area contributed by atoms with Crippen LogP contribution >= 0.6 is 0 Å². The zero-order valence-electron chi connectivity index (χ0n) is 15.9.